The van der Waals surface area contributed by atoms with Crippen LogP contribution >= 0.6 is 0 Å². The average molecular weight is 283 g/mol. The summed E-state index contributed by atoms with van der Waals surface area (Å²) in [7, 11) is 0. The van der Waals surface area contributed by atoms with Crippen LogP contribution in [0.5, 0.6) is 0 Å². The van der Waals surface area contributed by atoms with Crippen LogP contribution in [0.25, 0.3) is 0 Å². The van der Waals surface area contributed by atoms with E-state index >= 15 is 0 Å². The first-order valence-electron chi connectivity index (χ1n) is 8.48. The van der Waals surface area contributed by atoms with Gasteiger partial charge in [-0.25, -0.2) is 0 Å². The molecule has 1 rings (SSSR count). The number of hydrogen-bond donors (Lipinski definition) is 1. The molecular weight excluding hydrogens is 250 g/mol. The Labute approximate surface area is 124 Å². The van der Waals surface area contributed by atoms with Crippen LogP contribution in [0.2, 0.25) is 0 Å². The lowest BCUT2D eigenvalue weighted by Crippen LogP contribution is -2.36. The molecule has 1 saturated heterocycles. The van der Waals surface area contributed by atoms with Gasteiger partial charge in [0.2, 0.25) is 5.91 Å². The second-order valence-corrected chi connectivity index (χ2v) is 5.88. The van der Waals surface area contributed by atoms with Crippen molar-refractivity contribution in [1.82, 2.24) is 9.80 Å². The van der Waals surface area contributed by atoms with Crippen molar-refractivity contribution in [2.24, 2.45) is 5.73 Å². The van der Waals surface area contributed by atoms with Crippen molar-refractivity contribution in [3.63, 3.8) is 0 Å². The second-order valence-electron chi connectivity index (χ2n) is 5.88. The van der Waals surface area contributed by atoms with Gasteiger partial charge in [-0.1, -0.05) is 39.0 Å². The lowest BCUT2D eigenvalue weighted by atomic mass is 10.1. The Bertz CT molecular complexity index is 258. The van der Waals surface area contributed by atoms with Crippen LogP contribution in [0.3, 0.4) is 0 Å². The number of carbonyl (C=O) groups excluding carboxylic acids is 1. The summed E-state index contributed by atoms with van der Waals surface area (Å²) in [6, 6.07) is 0. The molecule has 2 N–H and O–H groups in total. The number of nitrogens with zero attached hydrogens (tertiary/aromatic N) is 2. The normalized spacial score (nSPS) is 17.2. The topological polar surface area (TPSA) is 49.6 Å². The molecule has 0 aromatic rings. The Morgan fingerprint density at radius 2 is 1.75 bits per heavy atom. The highest BCUT2D eigenvalue weighted by Crippen LogP contribution is 2.10. The van der Waals surface area contributed by atoms with Gasteiger partial charge in [0, 0.05) is 39.1 Å². The molecule has 1 amide bonds. The molecule has 0 atom stereocenters. The predicted molar refractivity (Wildman–Crippen MR) is 84.7 cm³/mol. The highest BCUT2D eigenvalue weighted by atomic mass is 16.2. The van der Waals surface area contributed by atoms with Gasteiger partial charge >= 0.3 is 0 Å². The minimum absolute atomic E-state index is 0.357. The first-order valence-corrected chi connectivity index (χ1v) is 8.48. The SMILES string of the molecule is CCCCCCCCC(=O)N1CCCN(CCN)CC1. The standard InChI is InChI=1S/C16H33N3O/c1-2-3-4-5-6-7-9-16(20)19-12-8-11-18(13-10-17)14-15-19/h2-15,17H2,1H3. The number of rotatable bonds is 9. The van der Waals surface area contributed by atoms with Crippen LogP contribution in [-0.2, 0) is 4.79 Å². The van der Waals surface area contributed by atoms with E-state index in [1.807, 2.05) is 0 Å². The number of amides is 1. The van der Waals surface area contributed by atoms with Gasteiger partial charge in [-0.15, -0.1) is 0 Å². The summed E-state index contributed by atoms with van der Waals surface area (Å²) in [4.78, 5) is 16.6. The number of unbranched alkanes of at least 4 members (excludes halogenated alkanes) is 5. The quantitative estimate of drug-likeness (QED) is 0.660. The fourth-order valence-electron chi connectivity index (χ4n) is 2.84. The van der Waals surface area contributed by atoms with Crippen molar-refractivity contribution in [2.75, 3.05) is 39.3 Å². The van der Waals surface area contributed by atoms with E-state index in [1.165, 1.54) is 32.1 Å². The number of hydrogen-bond acceptors (Lipinski definition) is 3. The van der Waals surface area contributed by atoms with E-state index in [9.17, 15) is 4.79 Å². The van der Waals surface area contributed by atoms with Crippen LogP contribution in [0.4, 0.5) is 0 Å². The van der Waals surface area contributed by atoms with Crippen molar-refractivity contribution in [2.45, 2.75) is 58.3 Å². The van der Waals surface area contributed by atoms with E-state index < -0.39 is 0 Å². The monoisotopic (exact) mass is 283 g/mol. The van der Waals surface area contributed by atoms with Crippen molar-refractivity contribution in [3.8, 4) is 0 Å². The third kappa shape index (κ3) is 7.25. The predicted octanol–water partition coefficient (Wildman–Crippen LogP) is 2.23. The molecule has 4 nitrogen and oxygen atoms in total. The molecule has 1 heterocycles. The molecule has 0 aromatic carbocycles. The van der Waals surface area contributed by atoms with Crippen LogP contribution < -0.4 is 5.73 Å². The van der Waals surface area contributed by atoms with Crippen molar-refractivity contribution < 1.29 is 4.79 Å². The molecule has 4 heteroatoms. The fourth-order valence-corrected chi connectivity index (χ4v) is 2.84. The molecule has 0 unspecified atom stereocenters. The summed E-state index contributed by atoms with van der Waals surface area (Å²) < 4.78 is 0. The van der Waals surface area contributed by atoms with Gasteiger partial charge in [-0.05, 0) is 19.4 Å². The maximum Gasteiger partial charge on any atom is 0.222 e. The molecule has 0 spiro atoms. The Kier molecular flexibility index (Phi) is 9.67. The zero-order valence-electron chi connectivity index (χ0n) is 13.3. The Hall–Kier alpha value is -0.610. The molecule has 118 valence electrons. The Balaban J connectivity index is 2.13. The Morgan fingerprint density at radius 1 is 1.00 bits per heavy atom. The molecule has 1 fully saturated rings. The maximum absolute atomic E-state index is 12.2. The smallest absolute Gasteiger partial charge is 0.222 e. The molecular formula is C16H33N3O. The van der Waals surface area contributed by atoms with E-state index in [0.29, 0.717) is 12.5 Å². The van der Waals surface area contributed by atoms with E-state index in [4.69, 9.17) is 5.73 Å². The fraction of sp³-hybridized carbons (Fsp3) is 0.938. The maximum atomic E-state index is 12.2. The number of nitrogens with two attached hydrogens (primary N) is 1. The summed E-state index contributed by atoms with van der Waals surface area (Å²) in [5.41, 5.74) is 5.60. The van der Waals surface area contributed by atoms with Gasteiger partial charge in [0.15, 0.2) is 0 Å². The van der Waals surface area contributed by atoms with E-state index in [2.05, 4.69) is 16.7 Å². The van der Waals surface area contributed by atoms with E-state index in [0.717, 1.165) is 52.0 Å². The zero-order valence-corrected chi connectivity index (χ0v) is 13.3. The molecule has 0 bridgehead atoms. The number of carbonyl (C=O) groups is 1. The average Bonchev–Trinajstić information content (AvgIpc) is 2.68. The van der Waals surface area contributed by atoms with Crippen molar-refractivity contribution in [3.05, 3.63) is 0 Å². The first kappa shape index (κ1) is 17.4. The third-order valence-corrected chi connectivity index (χ3v) is 4.13. The second kappa shape index (κ2) is 11.1. The van der Waals surface area contributed by atoms with Crippen molar-refractivity contribution in [1.29, 1.82) is 0 Å². The summed E-state index contributed by atoms with van der Waals surface area (Å²) in [5.74, 6) is 0.357. The van der Waals surface area contributed by atoms with Gasteiger partial charge in [0.05, 0.1) is 0 Å². The summed E-state index contributed by atoms with van der Waals surface area (Å²) in [6.45, 7) is 7.78. The Morgan fingerprint density at radius 3 is 2.50 bits per heavy atom. The van der Waals surface area contributed by atoms with E-state index in [1.54, 1.807) is 0 Å². The van der Waals surface area contributed by atoms with E-state index in [-0.39, 0.29) is 0 Å². The van der Waals surface area contributed by atoms with Gasteiger partial charge in [0.25, 0.3) is 0 Å². The van der Waals surface area contributed by atoms with Crippen LogP contribution in [0.15, 0.2) is 0 Å². The summed E-state index contributed by atoms with van der Waals surface area (Å²) in [6.07, 6.45) is 9.31. The molecule has 1 aliphatic rings. The van der Waals surface area contributed by atoms with Crippen LogP contribution in [0.1, 0.15) is 58.3 Å². The lowest BCUT2D eigenvalue weighted by Gasteiger charge is -2.21. The molecule has 0 radical (unpaired) electrons. The lowest BCUT2D eigenvalue weighted by molar-refractivity contribution is -0.131. The molecule has 0 aromatic heterocycles. The molecule has 1 aliphatic heterocycles. The first-order chi connectivity index (χ1) is 9.77. The van der Waals surface area contributed by atoms with Crippen LogP contribution in [-0.4, -0.2) is 55.0 Å². The molecule has 20 heavy (non-hydrogen) atoms. The zero-order chi connectivity index (χ0) is 14.6. The largest absolute Gasteiger partial charge is 0.341 e. The van der Waals surface area contributed by atoms with Crippen LogP contribution in [0, 0.1) is 0 Å². The molecule has 0 aliphatic carbocycles. The molecule has 0 saturated carbocycles. The summed E-state index contributed by atoms with van der Waals surface area (Å²) >= 11 is 0. The van der Waals surface area contributed by atoms with Gasteiger partial charge in [-0.2, -0.15) is 0 Å². The minimum atomic E-state index is 0.357. The van der Waals surface area contributed by atoms with Gasteiger partial charge in [-0.3, -0.25) is 4.79 Å². The minimum Gasteiger partial charge on any atom is -0.341 e. The van der Waals surface area contributed by atoms with Crippen molar-refractivity contribution >= 4 is 5.91 Å². The third-order valence-electron chi connectivity index (χ3n) is 4.13. The highest BCUT2D eigenvalue weighted by molar-refractivity contribution is 5.76. The summed E-state index contributed by atoms with van der Waals surface area (Å²) in [5, 5.41) is 0. The van der Waals surface area contributed by atoms with Gasteiger partial charge < -0.3 is 15.5 Å². The van der Waals surface area contributed by atoms with Gasteiger partial charge in [0.1, 0.15) is 0 Å². The highest BCUT2D eigenvalue weighted by Gasteiger charge is 2.17.